The molecule has 0 aliphatic carbocycles. The van der Waals surface area contributed by atoms with Crippen molar-refractivity contribution < 1.29 is 14.1 Å². The monoisotopic (exact) mass is 318 g/mol. The van der Waals surface area contributed by atoms with Gasteiger partial charge in [0.15, 0.2) is 0 Å². The molecule has 1 amide bonds. The van der Waals surface area contributed by atoms with Crippen LogP contribution < -0.4 is 10.9 Å². The molecule has 1 aliphatic heterocycles. The lowest BCUT2D eigenvalue weighted by atomic mass is 9.77. The molecule has 0 aromatic carbocycles. The van der Waals surface area contributed by atoms with E-state index in [-0.39, 0.29) is 11.5 Å². The number of aromatic nitrogens is 1. The van der Waals surface area contributed by atoms with Gasteiger partial charge in [-0.2, -0.15) is 0 Å². The van der Waals surface area contributed by atoms with Crippen LogP contribution in [0.2, 0.25) is 0 Å². The molecule has 1 aliphatic rings. The Morgan fingerprint density at radius 3 is 2.43 bits per heavy atom. The molecule has 0 spiro atoms. The Kier molecular flexibility index (Phi) is 4.82. The first kappa shape index (κ1) is 17.5. The molecule has 0 unspecified atom stereocenters. The third kappa shape index (κ3) is 4.12. The van der Waals surface area contributed by atoms with Gasteiger partial charge >= 0.3 is 7.12 Å². The summed E-state index contributed by atoms with van der Waals surface area (Å²) in [6.45, 7) is 9.62. The first-order valence-corrected chi connectivity index (χ1v) is 7.60. The second-order valence-electron chi connectivity index (χ2n) is 6.70. The van der Waals surface area contributed by atoms with Gasteiger partial charge in [-0.3, -0.25) is 9.59 Å². The van der Waals surface area contributed by atoms with E-state index < -0.39 is 18.3 Å². The molecule has 23 heavy (non-hydrogen) atoms. The molecule has 124 valence electrons. The van der Waals surface area contributed by atoms with Gasteiger partial charge < -0.3 is 19.6 Å². The quantitative estimate of drug-likeness (QED) is 0.825. The summed E-state index contributed by atoms with van der Waals surface area (Å²) in [5, 5.41) is 2.76. The molecule has 2 rings (SSSR count). The molecule has 1 fully saturated rings. The maximum Gasteiger partial charge on any atom is 0.492 e. The number of amides is 1. The summed E-state index contributed by atoms with van der Waals surface area (Å²) in [5.41, 5.74) is 0.349. The second kappa shape index (κ2) is 6.33. The van der Waals surface area contributed by atoms with Crippen LogP contribution in [0.5, 0.6) is 0 Å². The molecule has 7 heteroatoms. The van der Waals surface area contributed by atoms with Crippen LogP contribution in [0.4, 0.5) is 0 Å². The van der Waals surface area contributed by atoms with Gasteiger partial charge in [-0.25, -0.2) is 0 Å². The smallest absolute Gasteiger partial charge is 0.400 e. The summed E-state index contributed by atoms with van der Waals surface area (Å²) < 4.78 is 12.1. The molecule has 0 atom stereocenters. The van der Waals surface area contributed by atoms with E-state index in [2.05, 4.69) is 10.3 Å². The van der Waals surface area contributed by atoms with E-state index in [1.165, 1.54) is 13.0 Å². The average Bonchev–Trinajstić information content (AvgIpc) is 2.63. The van der Waals surface area contributed by atoms with Crippen LogP contribution in [0.15, 0.2) is 28.6 Å². The van der Waals surface area contributed by atoms with Gasteiger partial charge in [-0.1, -0.05) is 6.08 Å². The van der Waals surface area contributed by atoms with Gasteiger partial charge in [-0.05, 0) is 44.8 Å². The minimum atomic E-state index is -0.578. The summed E-state index contributed by atoms with van der Waals surface area (Å²) in [6.07, 6.45) is 3.39. The molecule has 0 bridgehead atoms. The third-order valence-corrected chi connectivity index (χ3v) is 4.25. The topological polar surface area (TPSA) is 80.4 Å². The van der Waals surface area contributed by atoms with Crippen molar-refractivity contribution >= 4 is 19.1 Å². The van der Waals surface area contributed by atoms with E-state index in [0.29, 0.717) is 6.54 Å². The Hall–Kier alpha value is -1.86. The molecule has 2 heterocycles. The first-order chi connectivity index (χ1) is 10.6. The Morgan fingerprint density at radius 1 is 1.30 bits per heavy atom. The fourth-order valence-electron chi connectivity index (χ4n) is 2.19. The van der Waals surface area contributed by atoms with Crippen molar-refractivity contribution in [2.75, 3.05) is 6.54 Å². The average molecular weight is 318 g/mol. The Labute approximate surface area is 136 Å². The lowest BCUT2D eigenvalue weighted by Gasteiger charge is -2.32. The first-order valence-electron chi connectivity index (χ1n) is 7.60. The number of hydrogen-bond donors (Lipinski definition) is 2. The van der Waals surface area contributed by atoms with Gasteiger partial charge in [0.05, 0.1) is 11.2 Å². The molecule has 0 radical (unpaired) electrons. The number of carbonyl (C=O) groups excluding carboxylic acids is 1. The highest BCUT2D eigenvalue weighted by molar-refractivity contribution is 6.56. The molecule has 6 nitrogen and oxygen atoms in total. The maximum atomic E-state index is 11.4. The van der Waals surface area contributed by atoms with Crippen molar-refractivity contribution in [3.63, 3.8) is 0 Å². The van der Waals surface area contributed by atoms with Gasteiger partial charge in [-0.15, -0.1) is 0 Å². The number of pyridine rings is 1. The summed E-state index contributed by atoms with van der Waals surface area (Å²) in [7, 11) is -0.578. The van der Waals surface area contributed by atoms with E-state index >= 15 is 0 Å². The molecular formula is C16H23BN2O4. The van der Waals surface area contributed by atoms with Gasteiger partial charge in [0.2, 0.25) is 11.5 Å². The SMILES string of the molecule is CC(=O)NCC(=Cc1cc[nH]c(=O)c1)B1OC(C)(C)C(C)(C)O1. The molecule has 2 N–H and O–H groups in total. The van der Waals surface area contributed by atoms with Gasteiger partial charge in [0.25, 0.3) is 0 Å². The predicted octanol–water partition coefficient (Wildman–Crippen LogP) is 1.53. The van der Waals surface area contributed by atoms with E-state index in [1.54, 1.807) is 12.3 Å². The Balaban J connectivity index is 2.32. The van der Waals surface area contributed by atoms with E-state index in [4.69, 9.17) is 9.31 Å². The lowest BCUT2D eigenvalue weighted by molar-refractivity contribution is -0.118. The van der Waals surface area contributed by atoms with Crippen molar-refractivity contribution in [2.24, 2.45) is 0 Å². The summed E-state index contributed by atoms with van der Waals surface area (Å²) in [5.74, 6) is -0.140. The summed E-state index contributed by atoms with van der Waals surface area (Å²) in [4.78, 5) is 25.3. The van der Waals surface area contributed by atoms with Crippen LogP contribution in [0.1, 0.15) is 40.2 Å². The van der Waals surface area contributed by atoms with Crippen molar-refractivity contribution in [3.8, 4) is 0 Å². The molecule has 1 saturated heterocycles. The standard InChI is InChI=1S/C16H23BN2O4/c1-11(20)19-10-13(8-12-6-7-18-14(21)9-12)17-22-15(2,3)16(4,5)23-17/h6-9H,10H2,1-5H3,(H,18,21)(H,19,20). The minimum absolute atomic E-state index is 0.140. The molecule has 0 saturated carbocycles. The van der Waals surface area contributed by atoms with Gasteiger partial charge in [0, 0.05) is 25.7 Å². The molecular weight excluding hydrogens is 295 g/mol. The number of rotatable bonds is 4. The predicted molar refractivity (Wildman–Crippen MR) is 89.8 cm³/mol. The highest BCUT2D eigenvalue weighted by atomic mass is 16.7. The highest BCUT2D eigenvalue weighted by Gasteiger charge is 2.52. The fraction of sp³-hybridized carbons (Fsp3) is 0.500. The number of nitrogens with one attached hydrogen (secondary N) is 2. The Morgan fingerprint density at radius 2 is 1.91 bits per heavy atom. The van der Waals surface area contributed by atoms with Crippen LogP contribution in [0, 0.1) is 0 Å². The van der Waals surface area contributed by atoms with Crippen molar-refractivity contribution in [2.45, 2.75) is 45.8 Å². The highest BCUT2D eigenvalue weighted by Crippen LogP contribution is 2.38. The lowest BCUT2D eigenvalue weighted by Crippen LogP contribution is -2.41. The van der Waals surface area contributed by atoms with Crippen LogP contribution in [-0.4, -0.2) is 35.8 Å². The van der Waals surface area contributed by atoms with Crippen LogP contribution in [0.3, 0.4) is 0 Å². The molecule has 1 aromatic rings. The number of H-pyrrole nitrogens is 1. The minimum Gasteiger partial charge on any atom is -0.400 e. The third-order valence-electron chi connectivity index (χ3n) is 4.25. The van der Waals surface area contributed by atoms with Crippen LogP contribution >= 0.6 is 0 Å². The largest absolute Gasteiger partial charge is 0.492 e. The van der Waals surface area contributed by atoms with E-state index in [1.807, 2.05) is 33.8 Å². The number of hydrogen-bond acceptors (Lipinski definition) is 4. The number of aromatic amines is 1. The van der Waals surface area contributed by atoms with Crippen LogP contribution in [0.25, 0.3) is 6.08 Å². The summed E-state index contributed by atoms with van der Waals surface area (Å²) >= 11 is 0. The van der Waals surface area contributed by atoms with Crippen molar-refractivity contribution in [1.82, 2.24) is 10.3 Å². The van der Waals surface area contributed by atoms with Crippen LogP contribution in [-0.2, 0) is 14.1 Å². The Bertz CT molecular complexity index is 663. The normalized spacial score (nSPS) is 19.7. The zero-order valence-electron chi connectivity index (χ0n) is 14.2. The van der Waals surface area contributed by atoms with Crippen molar-refractivity contribution in [1.29, 1.82) is 0 Å². The number of carbonyl (C=O) groups is 1. The summed E-state index contributed by atoms with van der Waals surface area (Å²) in [6, 6.07) is 3.26. The zero-order valence-corrected chi connectivity index (χ0v) is 14.2. The van der Waals surface area contributed by atoms with Gasteiger partial charge in [0.1, 0.15) is 0 Å². The maximum absolute atomic E-state index is 11.4. The van der Waals surface area contributed by atoms with Crippen molar-refractivity contribution in [3.05, 3.63) is 39.7 Å². The van der Waals surface area contributed by atoms with E-state index in [0.717, 1.165) is 11.0 Å². The zero-order chi connectivity index (χ0) is 17.3. The van der Waals surface area contributed by atoms with E-state index in [9.17, 15) is 9.59 Å². The fourth-order valence-corrected chi connectivity index (χ4v) is 2.19. The second-order valence-corrected chi connectivity index (χ2v) is 6.70. The molecule has 1 aromatic heterocycles.